The highest BCUT2D eigenvalue weighted by Gasteiger charge is 2.19. The van der Waals surface area contributed by atoms with E-state index >= 15 is 0 Å². The summed E-state index contributed by atoms with van der Waals surface area (Å²) in [4.78, 5) is 30.4. The number of halogens is 2. The molecule has 0 saturated carbocycles. The van der Waals surface area contributed by atoms with Crippen molar-refractivity contribution in [3.8, 4) is 0 Å². The average molecular weight is 526 g/mol. The standard InChI is InChI=1S/C25H25F2N7O2S/c1-33(2)14-18-19(34-8-10-36-11-9-34)6-7-21(29-18)31-22-12-17-20(13-28-22)37-25(30-17)32-24(35)23-15(26)4-3-5-16(23)27/h3-7,12-13H,8-11,14H2,1-2H3,(H,28,29,31)(H,30,32,35). The first-order valence-electron chi connectivity index (χ1n) is 11.6. The molecule has 1 amide bonds. The largest absolute Gasteiger partial charge is 0.378 e. The van der Waals surface area contributed by atoms with Crippen LogP contribution in [0, 0.1) is 11.6 Å². The minimum absolute atomic E-state index is 0.211. The van der Waals surface area contributed by atoms with Gasteiger partial charge in [-0.2, -0.15) is 0 Å². The SMILES string of the molecule is CN(C)Cc1nc(Nc2cc3nc(NC(=O)c4c(F)cccc4F)sc3cn2)ccc1N1CCOCC1. The Bertz CT molecular complexity index is 1420. The van der Waals surface area contributed by atoms with Gasteiger partial charge in [0.15, 0.2) is 5.13 Å². The number of thiazole rings is 1. The van der Waals surface area contributed by atoms with Crippen molar-refractivity contribution in [1.82, 2.24) is 19.9 Å². The maximum atomic E-state index is 13.9. The van der Waals surface area contributed by atoms with Crippen LogP contribution in [-0.4, -0.2) is 66.2 Å². The van der Waals surface area contributed by atoms with Gasteiger partial charge in [-0.05, 0) is 38.4 Å². The number of carbonyl (C=O) groups is 1. The Morgan fingerprint density at radius 3 is 2.59 bits per heavy atom. The summed E-state index contributed by atoms with van der Waals surface area (Å²) in [6.07, 6.45) is 1.62. The van der Waals surface area contributed by atoms with Gasteiger partial charge >= 0.3 is 0 Å². The monoisotopic (exact) mass is 525 g/mol. The fourth-order valence-electron chi connectivity index (χ4n) is 4.03. The van der Waals surface area contributed by atoms with Gasteiger partial charge in [-0.25, -0.2) is 23.7 Å². The number of morpholine rings is 1. The molecule has 2 N–H and O–H groups in total. The molecule has 1 saturated heterocycles. The summed E-state index contributed by atoms with van der Waals surface area (Å²) in [5, 5.41) is 5.91. The molecule has 1 fully saturated rings. The van der Waals surface area contributed by atoms with Gasteiger partial charge in [0, 0.05) is 31.9 Å². The van der Waals surface area contributed by atoms with Crippen LogP contribution in [0.1, 0.15) is 16.1 Å². The van der Waals surface area contributed by atoms with Gasteiger partial charge in [0.05, 0.1) is 34.8 Å². The molecule has 12 heteroatoms. The number of rotatable bonds is 7. The molecule has 3 aromatic heterocycles. The van der Waals surface area contributed by atoms with E-state index in [2.05, 4.69) is 36.5 Å². The third kappa shape index (κ3) is 5.66. The van der Waals surface area contributed by atoms with Crippen molar-refractivity contribution in [2.45, 2.75) is 6.54 Å². The van der Waals surface area contributed by atoms with Gasteiger partial charge in [-0.1, -0.05) is 17.4 Å². The van der Waals surface area contributed by atoms with Crippen LogP contribution in [0.5, 0.6) is 0 Å². The Morgan fingerprint density at radius 1 is 1.11 bits per heavy atom. The van der Waals surface area contributed by atoms with Crippen LogP contribution in [0.15, 0.2) is 42.6 Å². The van der Waals surface area contributed by atoms with Gasteiger partial charge in [0.1, 0.15) is 28.8 Å². The maximum absolute atomic E-state index is 13.9. The van der Waals surface area contributed by atoms with Crippen molar-refractivity contribution >= 4 is 49.9 Å². The first-order chi connectivity index (χ1) is 17.9. The fraction of sp³-hybridized carbons (Fsp3) is 0.280. The number of fused-ring (bicyclic) bond motifs is 1. The van der Waals surface area contributed by atoms with Crippen molar-refractivity contribution in [1.29, 1.82) is 0 Å². The van der Waals surface area contributed by atoms with E-state index < -0.39 is 23.1 Å². The lowest BCUT2D eigenvalue weighted by Gasteiger charge is -2.31. The number of aromatic nitrogens is 3. The zero-order valence-corrected chi connectivity index (χ0v) is 21.1. The van der Waals surface area contributed by atoms with Crippen LogP contribution in [-0.2, 0) is 11.3 Å². The maximum Gasteiger partial charge on any atom is 0.263 e. The normalized spacial score (nSPS) is 13.8. The number of anilines is 4. The summed E-state index contributed by atoms with van der Waals surface area (Å²) in [5.74, 6) is -1.61. The summed E-state index contributed by atoms with van der Waals surface area (Å²) < 4.78 is 34.1. The van der Waals surface area contributed by atoms with Crippen molar-refractivity contribution in [2.75, 3.05) is 55.9 Å². The van der Waals surface area contributed by atoms with Crippen LogP contribution in [0.4, 0.5) is 31.2 Å². The summed E-state index contributed by atoms with van der Waals surface area (Å²) in [5.41, 5.74) is 1.95. The predicted octanol–water partition coefficient (Wildman–Crippen LogP) is 4.26. The fourth-order valence-corrected chi connectivity index (χ4v) is 4.84. The molecule has 5 rings (SSSR count). The van der Waals surface area contributed by atoms with E-state index in [9.17, 15) is 13.6 Å². The molecule has 192 valence electrons. The molecule has 0 bridgehead atoms. The molecule has 1 aliphatic heterocycles. The number of amides is 1. The van der Waals surface area contributed by atoms with E-state index in [-0.39, 0.29) is 5.13 Å². The van der Waals surface area contributed by atoms with E-state index in [1.54, 1.807) is 12.3 Å². The lowest BCUT2D eigenvalue weighted by atomic mass is 10.2. The highest BCUT2D eigenvalue weighted by molar-refractivity contribution is 7.22. The molecule has 0 aliphatic carbocycles. The molecule has 0 radical (unpaired) electrons. The first kappa shape index (κ1) is 24.9. The van der Waals surface area contributed by atoms with Crippen molar-refractivity contribution in [2.24, 2.45) is 0 Å². The zero-order chi connectivity index (χ0) is 25.9. The summed E-state index contributed by atoms with van der Waals surface area (Å²) in [7, 11) is 4.00. The number of pyridine rings is 2. The molecule has 9 nitrogen and oxygen atoms in total. The third-order valence-electron chi connectivity index (χ3n) is 5.71. The predicted molar refractivity (Wildman–Crippen MR) is 140 cm³/mol. The van der Waals surface area contributed by atoms with Crippen LogP contribution in [0.3, 0.4) is 0 Å². The van der Waals surface area contributed by atoms with Gasteiger partial charge in [0.25, 0.3) is 5.91 Å². The van der Waals surface area contributed by atoms with Gasteiger partial charge in [-0.15, -0.1) is 0 Å². The average Bonchev–Trinajstić information content (AvgIpc) is 3.26. The highest BCUT2D eigenvalue weighted by atomic mass is 32.1. The molecule has 1 aliphatic rings. The zero-order valence-electron chi connectivity index (χ0n) is 20.3. The van der Waals surface area contributed by atoms with Gasteiger partial charge < -0.3 is 19.9 Å². The summed E-state index contributed by atoms with van der Waals surface area (Å²) in [6.45, 7) is 3.69. The quantitative estimate of drug-likeness (QED) is 0.370. The number of hydrogen-bond acceptors (Lipinski definition) is 9. The Hall–Kier alpha value is -3.74. The minimum atomic E-state index is -0.937. The third-order valence-corrected chi connectivity index (χ3v) is 6.63. The lowest BCUT2D eigenvalue weighted by Crippen LogP contribution is -2.37. The number of benzene rings is 1. The molecule has 0 atom stereocenters. The van der Waals surface area contributed by atoms with Crippen molar-refractivity contribution in [3.63, 3.8) is 0 Å². The smallest absolute Gasteiger partial charge is 0.263 e. The number of ether oxygens (including phenoxy) is 1. The van der Waals surface area contributed by atoms with E-state index in [0.29, 0.717) is 41.6 Å². The second kappa shape index (κ2) is 10.7. The van der Waals surface area contributed by atoms with Crippen molar-refractivity contribution in [3.05, 3.63) is 65.5 Å². The molecular weight excluding hydrogens is 500 g/mol. The lowest BCUT2D eigenvalue weighted by molar-refractivity contribution is 0.101. The molecule has 4 aromatic rings. The Morgan fingerprint density at radius 2 is 1.86 bits per heavy atom. The molecule has 4 heterocycles. The van der Waals surface area contributed by atoms with E-state index in [1.807, 2.05) is 20.2 Å². The van der Waals surface area contributed by atoms with Gasteiger partial charge in [-0.3, -0.25) is 10.1 Å². The summed E-state index contributed by atoms with van der Waals surface area (Å²) in [6, 6.07) is 8.96. The van der Waals surface area contributed by atoms with E-state index in [4.69, 9.17) is 9.72 Å². The van der Waals surface area contributed by atoms with Crippen molar-refractivity contribution < 1.29 is 18.3 Å². The topological polar surface area (TPSA) is 95.5 Å². The molecular formula is C25H25F2N7O2S. The van der Waals surface area contributed by atoms with E-state index in [1.165, 1.54) is 6.07 Å². The number of hydrogen-bond donors (Lipinski definition) is 2. The van der Waals surface area contributed by atoms with E-state index in [0.717, 1.165) is 47.9 Å². The molecule has 0 spiro atoms. The number of carbonyl (C=O) groups excluding carboxylic acids is 1. The Balaban J connectivity index is 1.35. The molecule has 0 unspecified atom stereocenters. The van der Waals surface area contributed by atoms with Crippen LogP contribution in [0.25, 0.3) is 10.2 Å². The first-order valence-corrected chi connectivity index (χ1v) is 12.5. The molecule has 1 aromatic carbocycles. The minimum Gasteiger partial charge on any atom is -0.378 e. The van der Waals surface area contributed by atoms with Gasteiger partial charge in [0.2, 0.25) is 0 Å². The van der Waals surface area contributed by atoms with Crippen LogP contribution in [0.2, 0.25) is 0 Å². The van der Waals surface area contributed by atoms with Crippen LogP contribution < -0.4 is 15.5 Å². The second-order valence-electron chi connectivity index (χ2n) is 8.73. The second-order valence-corrected chi connectivity index (χ2v) is 9.76. The Kier molecular flexibility index (Phi) is 7.22. The summed E-state index contributed by atoms with van der Waals surface area (Å²) >= 11 is 1.16. The molecule has 37 heavy (non-hydrogen) atoms. The number of nitrogens with zero attached hydrogens (tertiary/aromatic N) is 5. The number of nitrogens with one attached hydrogen (secondary N) is 2. The highest BCUT2D eigenvalue weighted by Crippen LogP contribution is 2.29. The van der Waals surface area contributed by atoms with Crippen LogP contribution >= 0.6 is 11.3 Å². The Labute approximate surface area is 216 Å².